The Morgan fingerprint density at radius 3 is 1.38 bits per heavy atom. The lowest BCUT2D eigenvalue weighted by Gasteiger charge is -2.42. The van der Waals surface area contributed by atoms with Crippen LogP contribution in [0.15, 0.2) is 0 Å². The van der Waals surface area contributed by atoms with Gasteiger partial charge in [-0.2, -0.15) is 86.4 Å². The van der Waals surface area contributed by atoms with Crippen LogP contribution in [0.3, 0.4) is 0 Å². The van der Waals surface area contributed by atoms with Gasteiger partial charge in [-0.3, -0.25) is 4.79 Å². The van der Waals surface area contributed by atoms with Gasteiger partial charge in [-0.25, -0.2) is 8.42 Å². The Bertz CT molecular complexity index is 1020. The largest absolute Gasteiger partial charge is 0.743 e. The summed E-state index contributed by atoms with van der Waals surface area (Å²) in [5.41, 5.74) is 0. The van der Waals surface area contributed by atoms with Crippen LogP contribution in [0.4, 0.5) is 74.6 Å². The molecule has 0 radical (unpaired) electrons. The first-order valence-electron chi connectivity index (χ1n) is 10.7. The summed E-state index contributed by atoms with van der Waals surface area (Å²) >= 11 is 2.04. The maximum absolute atomic E-state index is 13.0. The Morgan fingerprint density at radius 1 is 0.690 bits per heavy atom. The molecule has 0 aromatic rings. The predicted octanol–water partition coefficient (Wildman–Crippen LogP) is 6.61. The van der Waals surface area contributed by atoms with Crippen LogP contribution in [0.25, 0.3) is 0 Å². The van der Waals surface area contributed by atoms with Crippen LogP contribution >= 0.6 is 11.8 Å². The number of thioether (sulfide) groups is 1. The summed E-state index contributed by atoms with van der Waals surface area (Å²) in [4.78, 5) is 11.5. The lowest BCUT2D eigenvalue weighted by Crippen LogP contribution is -2.75. The van der Waals surface area contributed by atoms with Crippen LogP contribution in [0.5, 0.6) is 0 Å². The first-order chi connectivity index (χ1) is 18.3. The lowest BCUT2D eigenvalue weighted by molar-refractivity contribution is -0.458. The number of hydrogen-bond acceptors (Lipinski definition) is 5. The van der Waals surface area contributed by atoms with Crippen LogP contribution in [0.1, 0.15) is 26.2 Å². The Balaban J connectivity index is 0.00000107. The van der Waals surface area contributed by atoms with E-state index in [4.69, 9.17) is 0 Å². The van der Waals surface area contributed by atoms with Gasteiger partial charge in [0.25, 0.3) is 0 Å². The van der Waals surface area contributed by atoms with E-state index < -0.39 is 57.1 Å². The molecule has 0 saturated carbocycles. The van der Waals surface area contributed by atoms with Gasteiger partial charge in [0.15, 0.2) is 21.7 Å². The van der Waals surface area contributed by atoms with E-state index in [1.807, 2.05) is 11.8 Å². The molecule has 0 bridgehead atoms. The third kappa shape index (κ3) is 7.48. The van der Waals surface area contributed by atoms with Gasteiger partial charge in [0, 0.05) is 17.9 Å². The van der Waals surface area contributed by atoms with Crippen molar-refractivity contribution in [3.05, 3.63) is 0 Å². The first-order valence-corrected chi connectivity index (χ1v) is 15.0. The third-order valence-electron chi connectivity index (χ3n) is 5.21. The molecule has 0 amide bonds. The number of carbonyl (C=O) groups is 1. The van der Waals surface area contributed by atoms with E-state index in [0.29, 0.717) is 16.7 Å². The van der Waals surface area contributed by atoms with Crippen molar-refractivity contribution in [3.63, 3.8) is 0 Å². The maximum atomic E-state index is 13.0. The average molecular weight is 719 g/mol. The Labute approximate surface area is 233 Å². The van der Waals surface area contributed by atoms with E-state index >= 15 is 0 Å². The fourth-order valence-corrected chi connectivity index (χ4v) is 7.25. The third-order valence-corrected chi connectivity index (χ3v) is 9.89. The molecule has 1 aliphatic rings. The van der Waals surface area contributed by atoms with Gasteiger partial charge in [-0.15, -0.1) is 0 Å². The highest BCUT2D eigenvalue weighted by atomic mass is 32.2. The van der Waals surface area contributed by atoms with Crippen molar-refractivity contribution in [3.8, 4) is 0 Å². The van der Waals surface area contributed by atoms with Crippen molar-refractivity contribution in [2.45, 2.75) is 73.2 Å². The van der Waals surface area contributed by atoms with Crippen molar-refractivity contribution in [2.24, 2.45) is 0 Å². The van der Waals surface area contributed by atoms with Gasteiger partial charge in [-0.05, 0) is 17.3 Å². The smallest absolute Gasteiger partial charge is 0.460 e. The van der Waals surface area contributed by atoms with E-state index in [1.165, 1.54) is 23.0 Å². The van der Waals surface area contributed by atoms with Crippen LogP contribution in [0, 0.1) is 0 Å². The molecule has 0 aromatic heterocycles. The molecular formula is C18H19F17O4S3. The SMILES string of the molecule is CCCCC(=O)C[S+]1CCSCC1.O=S(=O)([O-])C(F)(F)C(F)(F)C(F)(F)C(F)(F)C(F)(F)C(F)(F)C(F)(F)C(F)(F)F. The molecule has 252 valence electrons. The molecule has 0 aliphatic carbocycles. The minimum absolute atomic E-state index is 0.451. The highest BCUT2D eigenvalue weighted by Gasteiger charge is 2.95. The number of ketones is 1. The zero-order chi connectivity index (χ0) is 34.0. The quantitative estimate of drug-likeness (QED) is 0.129. The molecule has 0 spiro atoms. The summed E-state index contributed by atoms with van der Waals surface area (Å²) in [7, 11) is -7.69. The summed E-state index contributed by atoms with van der Waals surface area (Å²) in [6, 6.07) is 0. The van der Waals surface area contributed by atoms with Crippen molar-refractivity contribution >= 4 is 38.6 Å². The second-order valence-corrected chi connectivity index (χ2v) is 13.3. The topological polar surface area (TPSA) is 74.3 Å². The summed E-state index contributed by atoms with van der Waals surface area (Å²) in [6.07, 6.45) is -4.83. The van der Waals surface area contributed by atoms with Crippen LogP contribution < -0.4 is 0 Å². The van der Waals surface area contributed by atoms with Gasteiger partial charge < -0.3 is 4.55 Å². The molecule has 42 heavy (non-hydrogen) atoms. The predicted molar refractivity (Wildman–Crippen MR) is 114 cm³/mol. The van der Waals surface area contributed by atoms with E-state index in [2.05, 4.69) is 6.92 Å². The van der Waals surface area contributed by atoms with Gasteiger partial charge in [0.05, 0.1) is 0 Å². The Kier molecular flexibility index (Phi) is 12.9. The second-order valence-electron chi connectivity index (χ2n) is 8.33. The van der Waals surface area contributed by atoms with Crippen LogP contribution in [-0.2, 0) is 25.8 Å². The molecule has 1 saturated heterocycles. The fraction of sp³-hybridized carbons (Fsp3) is 0.944. The van der Waals surface area contributed by atoms with E-state index in [1.54, 1.807) is 0 Å². The molecule has 0 unspecified atom stereocenters. The van der Waals surface area contributed by atoms with E-state index in [0.717, 1.165) is 25.0 Å². The number of Topliss-reactive ketones (excluding diaryl/α,β-unsaturated/α-hetero) is 1. The second kappa shape index (κ2) is 13.2. The number of unbranched alkanes of at least 4 members (excludes halogenated alkanes) is 1. The monoisotopic (exact) mass is 718 g/mol. The molecule has 1 heterocycles. The fourth-order valence-electron chi connectivity index (χ4n) is 2.68. The van der Waals surface area contributed by atoms with E-state index in [9.17, 15) is 92.4 Å². The number of rotatable bonds is 12. The molecule has 0 atom stereocenters. The standard InChI is InChI=1S/C10H19OS2.C8HF17O3S/c1-2-3-4-10(11)9-13-7-5-12-6-8-13;9-1(10,3(13,14)5(17,18)7(21,22)23)2(11,12)4(15,16)6(19,20)8(24,25)29(26,27)28/h2-9H2,1H3;(H,26,27,28)/q+1;/p-1. The van der Waals surface area contributed by atoms with Crippen LogP contribution in [-0.4, -0.2) is 94.5 Å². The zero-order valence-corrected chi connectivity index (χ0v) is 22.9. The van der Waals surface area contributed by atoms with Crippen molar-refractivity contribution in [1.82, 2.24) is 0 Å². The Morgan fingerprint density at radius 2 is 1.05 bits per heavy atom. The highest BCUT2D eigenvalue weighted by Crippen LogP contribution is 2.64. The number of halogens is 17. The average Bonchev–Trinajstić information content (AvgIpc) is 2.81. The molecule has 0 aromatic carbocycles. The molecule has 1 fully saturated rings. The molecule has 24 heteroatoms. The minimum atomic E-state index is -8.92. The summed E-state index contributed by atoms with van der Waals surface area (Å²) in [5.74, 6) is -45.6. The van der Waals surface area contributed by atoms with Crippen molar-refractivity contribution in [2.75, 3.05) is 28.8 Å². The molecule has 4 nitrogen and oxygen atoms in total. The molecule has 1 rings (SSSR count). The lowest BCUT2D eigenvalue weighted by atomic mass is 9.91. The first kappa shape index (κ1) is 41.1. The maximum Gasteiger partial charge on any atom is 0.460 e. The van der Waals surface area contributed by atoms with Crippen molar-refractivity contribution in [1.29, 1.82) is 0 Å². The summed E-state index contributed by atoms with van der Waals surface area (Å²) in [5, 5.41) is -7.95. The summed E-state index contributed by atoms with van der Waals surface area (Å²) < 4.78 is 244. The van der Waals surface area contributed by atoms with Gasteiger partial charge in [0.2, 0.25) is 0 Å². The van der Waals surface area contributed by atoms with Gasteiger partial charge in [-0.1, -0.05) is 13.3 Å². The zero-order valence-electron chi connectivity index (χ0n) is 20.4. The molecule has 1 aliphatic heterocycles. The van der Waals surface area contributed by atoms with Gasteiger partial charge in [0.1, 0.15) is 11.5 Å². The normalized spacial score (nSPS) is 17.5. The summed E-state index contributed by atoms with van der Waals surface area (Å²) in [6.45, 7) is 2.15. The minimum Gasteiger partial charge on any atom is -0.743 e. The molecular weight excluding hydrogens is 699 g/mol. The van der Waals surface area contributed by atoms with Crippen LogP contribution in [0.2, 0.25) is 0 Å². The molecule has 0 N–H and O–H groups in total. The number of carbonyl (C=O) groups excluding carboxylic acids is 1. The van der Waals surface area contributed by atoms with Gasteiger partial charge >= 0.3 is 47.0 Å². The Hall–Kier alpha value is -0.910. The van der Waals surface area contributed by atoms with E-state index in [-0.39, 0.29) is 0 Å². The van der Waals surface area contributed by atoms with Crippen molar-refractivity contribution < 1.29 is 92.4 Å². The highest BCUT2D eigenvalue weighted by molar-refractivity contribution is 8.05. The number of alkyl halides is 17. The number of hydrogen-bond donors (Lipinski definition) is 0.